The van der Waals surface area contributed by atoms with E-state index in [2.05, 4.69) is 15.2 Å². The van der Waals surface area contributed by atoms with Crippen molar-refractivity contribution in [2.24, 2.45) is 0 Å². The van der Waals surface area contributed by atoms with Gasteiger partial charge in [0.15, 0.2) is 6.61 Å². The summed E-state index contributed by atoms with van der Waals surface area (Å²) in [5.41, 5.74) is 3.38. The molecule has 1 N–H and O–H groups in total. The summed E-state index contributed by atoms with van der Waals surface area (Å²) in [6, 6.07) is 20.7. The number of nitro benzene ring substituents is 1. The third-order valence-electron chi connectivity index (χ3n) is 7.14. The first-order chi connectivity index (χ1) is 20.4. The molecule has 0 unspecified atom stereocenters. The summed E-state index contributed by atoms with van der Waals surface area (Å²) in [7, 11) is 0. The molecule has 1 aliphatic heterocycles. The van der Waals surface area contributed by atoms with Gasteiger partial charge in [0.2, 0.25) is 0 Å². The number of anilines is 2. The minimum absolute atomic E-state index is 0.0812. The zero-order chi connectivity index (χ0) is 29.5. The van der Waals surface area contributed by atoms with E-state index in [1.807, 2.05) is 6.07 Å². The van der Waals surface area contributed by atoms with E-state index in [4.69, 9.17) is 21.1 Å². The van der Waals surface area contributed by atoms with Gasteiger partial charge in [-0.25, -0.2) is 9.59 Å². The van der Waals surface area contributed by atoms with Crippen LogP contribution in [0, 0.1) is 10.1 Å². The van der Waals surface area contributed by atoms with Crippen LogP contribution < -0.4 is 5.32 Å². The Morgan fingerprint density at radius 1 is 1.02 bits per heavy atom. The lowest BCUT2D eigenvalue weighted by Crippen LogP contribution is -2.39. The zero-order valence-corrected chi connectivity index (χ0v) is 23.5. The number of carbonyl (C=O) groups is 2. The molecule has 10 nitrogen and oxygen atoms in total. The van der Waals surface area contributed by atoms with Gasteiger partial charge in [-0.3, -0.25) is 15.1 Å². The van der Waals surface area contributed by atoms with Crippen LogP contribution in [0.25, 0.3) is 10.9 Å². The molecule has 0 radical (unpaired) electrons. The van der Waals surface area contributed by atoms with Gasteiger partial charge in [0.1, 0.15) is 6.10 Å². The number of non-ortho nitro benzene ring substituents is 1. The van der Waals surface area contributed by atoms with E-state index in [-0.39, 0.29) is 17.4 Å². The van der Waals surface area contributed by atoms with Gasteiger partial charge in [0, 0.05) is 54.1 Å². The van der Waals surface area contributed by atoms with E-state index in [1.54, 1.807) is 60.8 Å². The monoisotopic (exact) mass is 588 g/mol. The number of halogens is 1. The molecule has 2 heterocycles. The van der Waals surface area contributed by atoms with Crippen molar-refractivity contribution in [1.29, 1.82) is 0 Å². The minimum atomic E-state index is -0.641. The quantitative estimate of drug-likeness (QED) is 0.136. The van der Waals surface area contributed by atoms with Gasteiger partial charge in [-0.15, -0.1) is 0 Å². The van der Waals surface area contributed by atoms with Gasteiger partial charge in [0.05, 0.1) is 21.7 Å². The number of nitrogens with one attached hydrogen (secondary N) is 1. The van der Waals surface area contributed by atoms with Crippen molar-refractivity contribution in [3.63, 3.8) is 0 Å². The number of carbonyl (C=O) groups excluding carboxylic acids is 2. The largest absolute Gasteiger partial charge is 0.460 e. The summed E-state index contributed by atoms with van der Waals surface area (Å²) in [6.45, 7) is 1.86. The third kappa shape index (κ3) is 7.39. The number of fused-ring (bicyclic) bond motifs is 1. The van der Waals surface area contributed by atoms with E-state index in [0.29, 0.717) is 29.1 Å². The van der Waals surface area contributed by atoms with Gasteiger partial charge < -0.3 is 19.7 Å². The van der Waals surface area contributed by atoms with Crippen molar-refractivity contribution < 1.29 is 24.0 Å². The molecule has 4 aromatic rings. The summed E-state index contributed by atoms with van der Waals surface area (Å²) in [5, 5.41) is 15.5. The van der Waals surface area contributed by atoms with E-state index in [9.17, 15) is 19.7 Å². The topological polar surface area (TPSA) is 124 Å². The number of hydrogen-bond donors (Lipinski definition) is 1. The number of ether oxygens (including phenoxy) is 2. The van der Waals surface area contributed by atoms with Crippen LogP contribution in [0.2, 0.25) is 5.02 Å². The van der Waals surface area contributed by atoms with Crippen molar-refractivity contribution >= 4 is 51.5 Å². The maximum absolute atomic E-state index is 12.9. The molecule has 1 fully saturated rings. The molecule has 0 saturated carbocycles. The number of benzene rings is 3. The Kier molecular flexibility index (Phi) is 9.25. The molecular weight excluding hydrogens is 560 g/mol. The van der Waals surface area contributed by atoms with Crippen LogP contribution in [0.3, 0.4) is 0 Å². The highest BCUT2D eigenvalue weighted by Gasteiger charge is 2.23. The van der Waals surface area contributed by atoms with Crippen molar-refractivity contribution in [2.45, 2.75) is 25.4 Å². The number of pyridine rings is 1. The van der Waals surface area contributed by atoms with Crippen LogP contribution in [0.4, 0.5) is 17.1 Å². The highest BCUT2D eigenvalue weighted by atomic mass is 35.5. The molecule has 3 aromatic carbocycles. The Morgan fingerprint density at radius 3 is 2.55 bits per heavy atom. The standard InChI is InChI=1S/C31H29ClN4O6/c32-22-7-10-25-28(11-15-33-29(25)19-22)34-27-4-2-1-3-26(27)31(38)41-20-30(37)42-24-13-17-35(18-14-24)16-12-21-5-8-23(9-6-21)36(39)40/h1-11,15,19,24H,12-14,16-18,20H2,(H,33,34). The number of rotatable bonds is 10. The average Bonchev–Trinajstić information content (AvgIpc) is 3.00. The lowest BCUT2D eigenvalue weighted by molar-refractivity contribution is -0.384. The molecule has 1 aliphatic rings. The minimum Gasteiger partial charge on any atom is -0.460 e. The van der Waals surface area contributed by atoms with Crippen LogP contribution in [0.5, 0.6) is 0 Å². The fourth-order valence-electron chi connectivity index (χ4n) is 4.89. The Hall–Kier alpha value is -4.54. The maximum Gasteiger partial charge on any atom is 0.344 e. The molecule has 5 rings (SSSR count). The lowest BCUT2D eigenvalue weighted by atomic mass is 10.1. The summed E-state index contributed by atoms with van der Waals surface area (Å²) in [6.07, 6.45) is 3.55. The van der Waals surface area contributed by atoms with Crippen LogP contribution in [-0.2, 0) is 20.7 Å². The van der Waals surface area contributed by atoms with E-state index in [1.165, 1.54) is 12.1 Å². The zero-order valence-electron chi connectivity index (χ0n) is 22.7. The Labute approximate surface area is 247 Å². The highest BCUT2D eigenvalue weighted by Crippen LogP contribution is 2.29. The number of para-hydroxylation sites is 1. The van der Waals surface area contributed by atoms with E-state index in [0.717, 1.165) is 42.7 Å². The average molecular weight is 589 g/mol. The normalized spacial score (nSPS) is 13.9. The maximum atomic E-state index is 12.9. The number of likely N-dealkylation sites (tertiary alicyclic amines) is 1. The summed E-state index contributed by atoms with van der Waals surface area (Å²) < 4.78 is 10.9. The van der Waals surface area contributed by atoms with Crippen LogP contribution >= 0.6 is 11.6 Å². The van der Waals surface area contributed by atoms with Crippen molar-refractivity contribution in [3.05, 3.63) is 105 Å². The van der Waals surface area contributed by atoms with Gasteiger partial charge in [-0.05, 0) is 61.2 Å². The Balaban J connectivity index is 1.08. The number of nitrogens with zero attached hydrogens (tertiary/aromatic N) is 3. The molecule has 216 valence electrons. The van der Waals surface area contributed by atoms with Gasteiger partial charge in [0.25, 0.3) is 5.69 Å². The van der Waals surface area contributed by atoms with E-state index < -0.39 is 23.5 Å². The number of piperidine rings is 1. The van der Waals surface area contributed by atoms with Crippen molar-refractivity contribution in [2.75, 3.05) is 31.6 Å². The fraction of sp³-hybridized carbons (Fsp3) is 0.258. The van der Waals surface area contributed by atoms with Gasteiger partial charge >= 0.3 is 11.9 Å². The molecule has 0 bridgehead atoms. The van der Waals surface area contributed by atoms with Crippen molar-refractivity contribution in [3.8, 4) is 0 Å². The second-order valence-electron chi connectivity index (χ2n) is 9.97. The second kappa shape index (κ2) is 13.4. The first kappa shape index (κ1) is 29.0. The number of esters is 2. The molecule has 0 amide bonds. The molecule has 0 atom stereocenters. The molecule has 11 heteroatoms. The predicted octanol–water partition coefficient (Wildman–Crippen LogP) is 5.95. The third-order valence-corrected chi connectivity index (χ3v) is 7.37. The molecule has 1 aromatic heterocycles. The van der Waals surface area contributed by atoms with Crippen LogP contribution in [0.15, 0.2) is 79.0 Å². The SMILES string of the molecule is O=C(COC(=O)c1ccccc1Nc1ccnc2cc(Cl)ccc12)OC1CCN(CCc2ccc([N+](=O)[O-])cc2)CC1. The van der Waals surface area contributed by atoms with Crippen LogP contribution in [0.1, 0.15) is 28.8 Å². The highest BCUT2D eigenvalue weighted by molar-refractivity contribution is 6.31. The molecule has 0 aliphatic carbocycles. The molecule has 42 heavy (non-hydrogen) atoms. The molecular formula is C31H29ClN4O6. The predicted molar refractivity (Wildman–Crippen MR) is 159 cm³/mol. The summed E-state index contributed by atoms with van der Waals surface area (Å²) >= 11 is 6.09. The van der Waals surface area contributed by atoms with Gasteiger partial charge in [-0.1, -0.05) is 35.9 Å². The lowest BCUT2D eigenvalue weighted by Gasteiger charge is -2.31. The Bertz CT molecular complexity index is 1590. The smallest absolute Gasteiger partial charge is 0.344 e. The number of nitro groups is 1. The fourth-order valence-corrected chi connectivity index (χ4v) is 5.06. The molecule has 0 spiro atoms. The first-order valence-corrected chi connectivity index (χ1v) is 14.0. The number of aromatic nitrogens is 1. The molecule has 1 saturated heterocycles. The summed E-state index contributed by atoms with van der Waals surface area (Å²) in [5.74, 6) is -1.23. The van der Waals surface area contributed by atoms with E-state index >= 15 is 0 Å². The van der Waals surface area contributed by atoms with Crippen molar-refractivity contribution in [1.82, 2.24) is 9.88 Å². The van der Waals surface area contributed by atoms with Crippen LogP contribution in [-0.4, -0.2) is 59.1 Å². The summed E-state index contributed by atoms with van der Waals surface area (Å²) in [4.78, 5) is 42.4. The van der Waals surface area contributed by atoms with Gasteiger partial charge in [-0.2, -0.15) is 0 Å². The second-order valence-corrected chi connectivity index (χ2v) is 10.4. The Morgan fingerprint density at radius 2 is 1.79 bits per heavy atom. The number of hydrogen-bond acceptors (Lipinski definition) is 9. The first-order valence-electron chi connectivity index (χ1n) is 13.6.